The number of urea groups is 1. The van der Waals surface area contributed by atoms with Crippen molar-refractivity contribution in [3.05, 3.63) is 71.9 Å². The lowest BCUT2D eigenvalue weighted by Gasteiger charge is -2.21. The molecule has 1 heterocycles. The SMILES string of the molecule is C=N/N=C(/c1cc(-c2ccc(NC(=O)NC3CCCC3)cc2)cnc1N)N(N)c1cccc(F)c1F. The first-order valence-corrected chi connectivity index (χ1v) is 11.3. The molecule has 1 aromatic heterocycles. The fourth-order valence-electron chi connectivity index (χ4n) is 4.07. The van der Waals surface area contributed by atoms with Gasteiger partial charge >= 0.3 is 6.03 Å². The number of nitrogens with two attached hydrogens (primary N) is 2. The van der Waals surface area contributed by atoms with Gasteiger partial charge in [-0.05, 0) is 48.7 Å². The van der Waals surface area contributed by atoms with Crippen LogP contribution in [-0.4, -0.2) is 29.6 Å². The Labute approximate surface area is 206 Å². The third kappa shape index (κ3) is 5.47. The lowest BCUT2D eigenvalue weighted by molar-refractivity contribution is 0.248. The van der Waals surface area contributed by atoms with E-state index in [0.717, 1.165) is 42.3 Å². The first kappa shape index (κ1) is 24.7. The van der Waals surface area contributed by atoms with Crippen LogP contribution in [-0.2, 0) is 0 Å². The van der Waals surface area contributed by atoms with Gasteiger partial charge in [0.2, 0.25) is 0 Å². The van der Waals surface area contributed by atoms with Gasteiger partial charge in [-0.25, -0.2) is 24.4 Å². The molecule has 3 aromatic rings. The van der Waals surface area contributed by atoms with E-state index >= 15 is 0 Å². The summed E-state index contributed by atoms with van der Waals surface area (Å²) in [5.41, 5.74) is 8.08. The number of hydrogen-bond donors (Lipinski definition) is 4. The van der Waals surface area contributed by atoms with Crippen molar-refractivity contribution in [3.63, 3.8) is 0 Å². The van der Waals surface area contributed by atoms with E-state index in [9.17, 15) is 13.6 Å². The summed E-state index contributed by atoms with van der Waals surface area (Å²) < 4.78 is 28.1. The van der Waals surface area contributed by atoms with Crippen LogP contribution >= 0.6 is 0 Å². The number of amides is 2. The molecule has 0 radical (unpaired) electrons. The Balaban J connectivity index is 1.57. The Morgan fingerprint density at radius 2 is 1.83 bits per heavy atom. The standard InChI is InChI=1S/C25H26F2N8O/c1-30-34-24(35(29)21-8-4-7-20(26)22(21)27)19-13-16(14-31-23(19)28)15-9-11-18(12-10-15)33-25(36)32-17-5-2-3-6-17/h4,7-14,17H,1-3,5-6,29H2,(H2,28,31)(H2,32,33,36)/b34-24-. The van der Waals surface area contributed by atoms with E-state index in [1.807, 2.05) is 0 Å². The maximum atomic E-state index is 14.4. The first-order valence-electron chi connectivity index (χ1n) is 11.3. The molecule has 1 aliphatic rings. The summed E-state index contributed by atoms with van der Waals surface area (Å²) in [4.78, 5) is 16.4. The molecule has 1 fully saturated rings. The summed E-state index contributed by atoms with van der Waals surface area (Å²) in [7, 11) is 0. The lowest BCUT2D eigenvalue weighted by atomic mass is 10.0. The highest BCUT2D eigenvalue weighted by atomic mass is 19.2. The molecule has 2 aromatic carbocycles. The van der Waals surface area contributed by atoms with Crippen LogP contribution in [0.15, 0.2) is 64.9 Å². The molecule has 0 atom stereocenters. The maximum Gasteiger partial charge on any atom is 0.319 e. The van der Waals surface area contributed by atoms with E-state index in [0.29, 0.717) is 11.3 Å². The second kappa shape index (κ2) is 10.9. The molecule has 36 heavy (non-hydrogen) atoms. The smallest absolute Gasteiger partial charge is 0.319 e. The van der Waals surface area contributed by atoms with Gasteiger partial charge in [-0.2, -0.15) is 5.10 Å². The van der Waals surface area contributed by atoms with E-state index in [1.54, 1.807) is 36.5 Å². The summed E-state index contributed by atoms with van der Waals surface area (Å²) in [6.07, 6.45) is 5.81. The number of pyridine rings is 1. The minimum absolute atomic E-state index is 0.0512. The number of aromatic nitrogens is 1. The van der Waals surface area contributed by atoms with E-state index in [4.69, 9.17) is 11.6 Å². The van der Waals surface area contributed by atoms with Crippen molar-refractivity contribution in [1.29, 1.82) is 0 Å². The molecular weight excluding hydrogens is 466 g/mol. The van der Waals surface area contributed by atoms with Gasteiger partial charge in [0.15, 0.2) is 17.5 Å². The minimum atomic E-state index is -1.15. The fourth-order valence-corrected chi connectivity index (χ4v) is 4.07. The third-order valence-electron chi connectivity index (χ3n) is 5.91. The average molecular weight is 493 g/mol. The molecule has 1 aliphatic carbocycles. The third-order valence-corrected chi connectivity index (χ3v) is 5.91. The normalized spacial score (nSPS) is 13.9. The van der Waals surface area contributed by atoms with Crippen LogP contribution in [0, 0.1) is 11.6 Å². The number of carbonyl (C=O) groups is 1. The fraction of sp³-hybridized carbons (Fsp3) is 0.200. The van der Waals surface area contributed by atoms with Crippen LogP contribution in [0.25, 0.3) is 11.1 Å². The molecule has 0 bridgehead atoms. The quantitative estimate of drug-likeness (QED) is 0.175. The van der Waals surface area contributed by atoms with Gasteiger partial charge in [-0.3, -0.25) is 5.01 Å². The van der Waals surface area contributed by atoms with Gasteiger partial charge in [0, 0.05) is 30.2 Å². The highest BCUT2D eigenvalue weighted by molar-refractivity contribution is 6.12. The molecule has 6 N–H and O–H groups in total. The highest BCUT2D eigenvalue weighted by Crippen LogP contribution is 2.27. The lowest BCUT2D eigenvalue weighted by Crippen LogP contribution is -2.39. The maximum absolute atomic E-state index is 14.4. The van der Waals surface area contributed by atoms with Gasteiger partial charge in [-0.15, -0.1) is 5.10 Å². The molecule has 1 saturated carbocycles. The minimum Gasteiger partial charge on any atom is -0.383 e. The monoisotopic (exact) mass is 492 g/mol. The van der Waals surface area contributed by atoms with Crippen LogP contribution in [0.3, 0.4) is 0 Å². The van der Waals surface area contributed by atoms with Crippen molar-refractivity contribution in [1.82, 2.24) is 10.3 Å². The molecule has 4 rings (SSSR count). The number of amidine groups is 1. The molecule has 11 heteroatoms. The summed E-state index contributed by atoms with van der Waals surface area (Å²) in [5, 5.41) is 14.0. The topological polar surface area (TPSA) is 134 Å². The Morgan fingerprint density at radius 1 is 1.11 bits per heavy atom. The number of rotatable bonds is 6. The molecular formula is C25H26F2N8O. The first-order chi connectivity index (χ1) is 17.4. The molecule has 2 amide bonds. The van der Waals surface area contributed by atoms with Crippen molar-refractivity contribution in [2.75, 3.05) is 16.1 Å². The zero-order valence-electron chi connectivity index (χ0n) is 19.4. The summed E-state index contributed by atoms with van der Waals surface area (Å²) in [6.45, 7) is 3.33. The van der Waals surface area contributed by atoms with Crippen molar-refractivity contribution in [2.45, 2.75) is 31.7 Å². The van der Waals surface area contributed by atoms with Crippen molar-refractivity contribution in [3.8, 4) is 11.1 Å². The molecule has 0 unspecified atom stereocenters. The molecule has 0 spiro atoms. The Bertz CT molecular complexity index is 1290. The Morgan fingerprint density at radius 3 is 2.53 bits per heavy atom. The largest absolute Gasteiger partial charge is 0.383 e. The summed E-state index contributed by atoms with van der Waals surface area (Å²) in [6, 6.07) is 12.3. The zero-order valence-corrected chi connectivity index (χ0v) is 19.4. The van der Waals surface area contributed by atoms with Gasteiger partial charge in [0.25, 0.3) is 0 Å². The zero-order chi connectivity index (χ0) is 25.7. The van der Waals surface area contributed by atoms with Gasteiger partial charge < -0.3 is 16.4 Å². The number of hydrogen-bond acceptors (Lipinski definition) is 6. The Kier molecular flexibility index (Phi) is 7.50. The van der Waals surface area contributed by atoms with Crippen LogP contribution in [0.1, 0.15) is 31.2 Å². The van der Waals surface area contributed by atoms with Gasteiger partial charge in [-0.1, -0.05) is 31.0 Å². The van der Waals surface area contributed by atoms with E-state index in [-0.39, 0.29) is 35.0 Å². The molecule has 0 aliphatic heterocycles. The van der Waals surface area contributed by atoms with Gasteiger partial charge in [0.1, 0.15) is 5.82 Å². The van der Waals surface area contributed by atoms with Crippen LogP contribution in [0.5, 0.6) is 0 Å². The van der Waals surface area contributed by atoms with Gasteiger partial charge in [0.05, 0.1) is 11.3 Å². The second-order valence-corrected chi connectivity index (χ2v) is 8.32. The number of carbonyl (C=O) groups excluding carboxylic acids is 1. The summed E-state index contributed by atoms with van der Waals surface area (Å²) in [5.74, 6) is 3.84. The number of hydrazine groups is 1. The highest BCUT2D eigenvalue weighted by Gasteiger charge is 2.22. The number of benzene rings is 2. The van der Waals surface area contributed by atoms with Crippen LogP contribution in [0.4, 0.5) is 30.8 Å². The van der Waals surface area contributed by atoms with E-state index in [1.165, 1.54) is 12.1 Å². The van der Waals surface area contributed by atoms with Crippen molar-refractivity contribution < 1.29 is 13.6 Å². The number of anilines is 3. The number of nitrogen functional groups attached to an aromatic ring is 1. The van der Waals surface area contributed by atoms with Crippen molar-refractivity contribution in [2.24, 2.45) is 16.0 Å². The Hall–Kier alpha value is -4.38. The molecule has 186 valence electrons. The average Bonchev–Trinajstić information content (AvgIpc) is 3.38. The molecule has 9 nitrogen and oxygen atoms in total. The summed E-state index contributed by atoms with van der Waals surface area (Å²) >= 11 is 0. The van der Waals surface area contributed by atoms with E-state index in [2.05, 4.69) is 32.5 Å². The van der Waals surface area contributed by atoms with E-state index < -0.39 is 11.6 Å². The molecule has 0 saturated heterocycles. The number of halogens is 2. The van der Waals surface area contributed by atoms with Crippen molar-refractivity contribution >= 4 is 35.8 Å². The van der Waals surface area contributed by atoms with Crippen LogP contribution in [0.2, 0.25) is 0 Å². The predicted molar refractivity (Wildman–Crippen MR) is 138 cm³/mol. The second-order valence-electron chi connectivity index (χ2n) is 8.32. The number of nitrogens with zero attached hydrogens (tertiary/aromatic N) is 4. The number of nitrogens with one attached hydrogen (secondary N) is 2. The predicted octanol–water partition coefficient (Wildman–Crippen LogP) is 4.42. The van der Waals surface area contributed by atoms with Crippen LogP contribution < -0.4 is 27.2 Å².